The Bertz CT molecular complexity index is 951. The number of nitrogens with zero attached hydrogens (tertiary/aromatic N) is 4. The van der Waals surface area contributed by atoms with E-state index in [9.17, 15) is 0 Å². The largest absolute Gasteiger partial charge is 0.382 e. The van der Waals surface area contributed by atoms with Gasteiger partial charge in [0.2, 0.25) is 0 Å². The summed E-state index contributed by atoms with van der Waals surface area (Å²) in [7, 11) is 0. The van der Waals surface area contributed by atoms with Crippen LogP contribution >= 0.6 is 12.2 Å². The number of hydrogen-bond acceptors (Lipinski definition) is 5. The maximum Gasteiger partial charge on any atom is 0.0992 e. The van der Waals surface area contributed by atoms with Crippen molar-refractivity contribution >= 4 is 28.6 Å². The second-order valence-electron chi connectivity index (χ2n) is 9.26. The molecule has 2 aliphatic heterocycles. The molecule has 0 aliphatic carbocycles. The van der Waals surface area contributed by atoms with E-state index in [1.54, 1.807) is 0 Å². The molecule has 0 bridgehead atoms. The SMILES string of the molecule is Cc1ccc(N2CCN(CCCC(=S)N3CCC(Nc4cccc(C#N)c4)CC3)CC2)cc1. The van der Waals surface area contributed by atoms with E-state index in [2.05, 4.69) is 57.3 Å². The lowest BCUT2D eigenvalue weighted by Gasteiger charge is -2.37. The van der Waals surface area contributed by atoms with E-state index in [4.69, 9.17) is 17.5 Å². The standard InChI is InChI=1S/C27H35N5S/c1-22-7-9-26(10-8-22)31-18-16-30(17-19-31)13-3-6-27(33)32-14-11-24(12-15-32)29-25-5-2-4-23(20-25)21-28/h2,4-5,7-10,20,24,29H,3,6,11-19H2,1H3. The van der Waals surface area contributed by atoms with Crippen molar-refractivity contribution < 1.29 is 0 Å². The van der Waals surface area contributed by atoms with Gasteiger partial charge in [0, 0.05) is 56.7 Å². The molecule has 0 atom stereocenters. The molecule has 4 rings (SSSR count). The number of nitrogens with one attached hydrogen (secondary N) is 1. The van der Waals surface area contributed by atoms with Gasteiger partial charge < -0.3 is 15.1 Å². The fourth-order valence-electron chi connectivity index (χ4n) is 4.78. The maximum atomic E-state index is 9.08. The van der Waals surface area contributed by atoms with Crippen molar-refractivity contribution in [2.75, 3.05) is 56.0 Å². The summed E-state index contributed by atoms with van der Waals surface area (Å²) >= 11 is 5.78. The Morgan fingerprint density at radius 2 is 1.76 bits per heavy atom. The highest BCUT2D eigenvalue weighted by Crippen LogP contribution is 2.20. The van der Waals surface area contributed by atoms with Crippen LogP contribution in [0, 0.1) is 18.3 Å². The molecule has 2 saturated heterocycles. The molecule has 5 nitrogen and oxygen atoms in total. The molecule has 2 heterocycles. The summed E-state index contributed by atoms with van der Waals surface area (Å²) in [4.78, 5) is 8.60. The van der Waals surface area contributed by atoms with Crippen molar-refractivity contribution in [2.45, 2.75) is 38.6 Å². The molecule has 0 spiro atoms. The maximum absolute atomic E-state index is 9.08. The first kappa shape index (κ1) is 23.5. The minimum absolute atomic E-state index is 0.447. The van der Waals surface area contributed by atoms with Crippen molar-refractivity contribution in [1.29, 1.82) is 5.26 Å². The molecule has 2 aromatic carbocycles. The minimum Gasteiger partial charge on any atom is -0.382 e. The van der Waals surface area contributed by atoms with Crippen LogP contribution in [0.2, 0.25) is 0 Å². The van der Waals surface area contributed by atoms with Gasteiger partial charge in [-0.05, 0) is 69.5 Å². The van der Waals surface area contributed by atoms with Gasteiger partial charge >= 0.3 is 0 Å². The summed E-state index contributed by atoms with van der Waals surface area (Å²) in [5.41, 5.74) is 4.41. The number of piperidine rings is 1. The second-order valence-corrected chi connectivity index (χ2v) is 9.73. The highest BCUT2D eigenvalue weighted by atomic mass is 32.1. The lowest BCUT2D eigenvalue weighted by molar-refractivity contribution is 0.254. The van der Waals surface area contributed by atoms with Gasteiger partial charge in [0.05, 0.1) is 16.6 Å². The summed E-state index contributed by atoms with van der Waals surface area (Å²) in [6.45, 7) is 9.77. The van der Waals surface area contributed by atoms with Crippen LogP contribution in [0.3, 0.4) is 0 Å². The van der Waals surface area contributed by atoms with Crippen molar-refractivity contribution in [1.82, 2.24) is 9.80 Å². The summed E-state index contributed by atoms with van der Waals surface area (Å²) < 4.78 is 0. The zero-order chi connectivity index (χ0) is 23.0. The lowest BCUT2D eigenvalue weighted by atomic mass is 10.0. The highest BCUT2D eigenvalue weighted by Gasteiger charge is 2.21. The molecule has 0 aromatic heterocycles. The van der Waals surface area contributed by atoms with Crippen LogP contribution in [0.25, 0.3) is 0 Å². The van der Waals surface area contributed by atoms with Crippen LogP contribution in [-0.4, -0.2) is 66.6 Å². The quantitative estimate of drug-likeness (QED) is 0.605. The number of thiocarbonyl (C=S) groups is 1. The van der Waals surface area contributed by atoms with Gasteiger partial charge in [0.1, 0.15) is 0 Å². The van der Waals surface area contributed by atoms with Gasteiger partial charge in [-0.3, -0.25) is 4.90 Å². The number of likely N-dealkylation sites (tertiary alicyclic amines) is 1. The Balaban J connectivity index is 1.12. The van der Waals surface area contributed by atoms with Crippen LogP contribution in [0.1, 0.15) is 36.8 Å². The zero-order valence-electron chi connectivity index (χ0n) is 19.7. The van der Waals surface area contributed by atoms with Gasteiger partial charge in [0.15, 0.2) is 0 Å². The Kier molecular flexibility index (Phi) is 8.20. The predicted molar refractivity (Wildman–Crippen MR) is 141 cm³/mol. The van der Waals surface area contributed by atoms with E-state index < -0.39 is 0 Å². The first-order valence-corrected chi connectivity index (χ1v) is 12.6. The zero-order valence-corrected chi connectivity index (χ0v) is 20.5. The van der Waals surface area contributed by atoms with E-state index >= 15 is 0 Å². The first-order valence-electron chi connectivity index (χ1n) is 12.2. The van der Waals surface area contributed by atoms with Gasteiger partial charge in [-0.15, -0.1) is 0 Å². The third kappa shape index (κ3) is 6.69. The average Bonchev–Trinajstić information content (AvgIpc) is 2.85. The highest BCUT2D eigenvalue weighted by molar-refractivity contribution is 7.80. The number of rotatable bonds is 7. The summed E-state index contributed by atoms with van der Waals surface area (Å²) in [6, 6.07) is 19.3. The topological polar surface area (TPSA) is 45.5 Å². The van der Waals surface area contributed by atoms with E-state index in [-0.39, 0.29) is 0 Å². The van der Waals surface area contributed by atoms with Gasteiger partial charge in [-0.1, -0.05) is 36.0 Å². The van der Waals surface area contributed by atoms with Crippen molar-refractivity contribution in [2.24, 2.45) is 0 Å². The summed E-state index contributed by atoms with van der Waals surface area (Å²) in [6.07, 6.45) is 4.31. The van der Waals surface area contributed by atoms with Crippen molar-refractivity contribution in [3.05, 3.63) is 59.7 Å². The molecule has 2 fully saturated rings. The van der Waals surface area contributed by atoms with Crippen LogP contribution in [0.15, 0.2) is 48.5 Å². The van der Waals surface area contributed by atoms with E-state index in [0.717, 1.165) is 82.2 Å². The molecular weight excluding hydrogens is 426 g/mol. The minimum atomic E-state index is 0.447. The van der Waals surface area contributed by atoms with Crippen LogP contribution in [-0.2, 0) is 0 Å². The third-order valence-corrected chi connectivity index (χ3v) is 7.31. The number of piperazine rings is 1. The van der Waals surface area contributed by atoms with Gasteiger partial charge in [0.25, 0.3) is 0 Å². The fourth-order valence-corrected chi connectivity index (χ4v) is 5.11. The van der Waals surface area contributed by atoms with Crippen LogP contribution in [0.4, 0.5) is 11.4 Å². The molecule has 6 heteroatoms. The monoisotopic (exact) mass is 461 g/mol. The van der Waals surface area contributed by atoms with Gasteiger partial charge in [-0.2, -0.15) is 5.26 Å². The average molecular weight is 462 g/mol. The van der Waals surface area contributed by atoms with E-state index in [1.165, 1.54) is 11.3 Å². The number of benzene rings is 2. The normalized spacial score (nSPS) is 17.6. The van der Waals surface area contributed by atoms with Crippen LogP contribution in [0.5, 0.6) is 0 Å². The van der Waals surface area contributed by atoms with Crippen molar-refractivity contribution in [3.8, 4) is 6.07 Å². The third-order valence-electron chi connectivity index (χ3n) is 6.85. The fraction of sp³-hybridized carbons (Fsp3) is 0.481. The molecule has 33 heavy (non-hydrogen) atoms. The molecule has 0 unspecified atom stereocenters. The molecule has 0 saturated carbocycles. The Morgan fingerprint density at radius 1 is 1.03 bits per heavy atom. The summed E-state index contributed by atoms with van der Waals surface area (Å²) in [5.74, 6) is 0. The Hall–Kier alpha value is -2.62. The van der Waals surface area contributed by atoms with E-state index in [1.807, 2.05) is 24.3 Å². The molecule has 1 N–H and O–H groups in total. The number of hydrogen-bond donors (Lipinski definition) is 1. The first-order chi connectivity index (χ1) is 16.1. The van der Waals surface area contributed by atoms with E-state index in [0.29, 0.717) is 11.6 Å². The van der Waals surface area contributed by atoms with Gasteiger partial charge in [-0.25, -0.2) is 0 Å². The Morgan fingerprint density at radius 3 is 2.45 bits per heavy atom. The second kappa shape index (κ2) is 11.5. The van der Waals surface area contributed by atoms with Crippen LogP contribution < -0.4 is 10.2 Å². The molecule has 2 aliphatic rings. The molecular formula is C27H35N5S. The molecule has 2 aromatic rings. The Labute approximate surface area is 204 Å². The van der Waals surface area contributed by atoms with Crippen molar-refractivity contribution in [3.63, 3.8) is 0 Å². The number of aryl methyl sites for hydroxylation is 1. The lowest BCUT2D eigenvalue weighted by Crippen LogP contribution is -2.47. The smallest absolute Gasteiger partial charge is 0.0992 e. The summed E-state index contributed by atoms with van der Waals surface area (Å²) in [5, 5.41) is 12.7. The predicted octanol–water partition coefficient (Wildman–Crippen LogP) is 4.67. The molecule has 0 radical (unpaired) electrons. The molecule has 174 valence electrons. The number of anilines is 2. The number of nitriles is 1. The molecule has 0 amide bonds.